The van der Waals surface area contributed by atoms with Crippen molar-refractivity contribution in [3.05, 3.63) is 0 Å². The molecular formula is C15H32N2O2S. The summed E-state index contributed by atoms with van der Waals surface area (Å²) in [6.07, 6.45) is 4.94. The molecule has 0 aliphatic carbocycles. The number of hydrogen-bond acceptors (Lipinski definition) is 3. The molecule has 0 aromatic rings. The van der Waals surface area contributed by atoms with E-state index in [1.54, 1.807) is 4.31 Å². The molecule has 1 heterocycles. The molecule has 1 atom stereocenters. The Labute approximate surface area is 125 Å². The molecule has 0 amide bonds. The number of rotatable bonds is 7. The zero-order valence-corrected chi connectivity index (χ0v) is 14.4. The molecule has 1 aliphatic rings. The van der Waals surface area contributed by atoms with Crippen molar-refractivity contribution < 1.29 is 8.42 Å². The molecule has 1 N–H and O–H groups in total. The Hall–Kier alpha value is -0.130. The summed E-state index contributed by atoms with van der Waals surface area (Å²) >= 11 is 0. The molecule has 1 unspecified atom stereocenters. The fourth-order valence-electron chi connectivity index (χ4n) is 2.54. The molecule has 5 heteroatoms. The largest absolute Gasteiger partial charge is 0.315 e. The van der Waals surface area contributed by atoms with Crippen LogP contribution in [-0.2, 0) is 10.0 Å². The predicted molar refractivity (Wildman–Crippen MR) is 85.4 cm³/mol. The number of nitrogens with one attached hydrogen (secondary N) is 1. The molecule has 0 radical (unpaired) electrons. The van der Waals surface area contributed by atoms with Gasteiger partial charge < -0.3 is 5.32 Å². The zero-order valence-electron chi connectivity index (χ0n) is 13.6. The van der Waals surface area contributed by atoms with Crippen molar-refractivity contribution in [2.75, 3.05) is 25.4 Å². The van der Waals surface area contributed by atoms with Crippen molar-refractivity contribution in [1.29, 1.82) is 0 Å². The maximum atomic E-state index is 12.6. The topological polar surface area (TPSA) is 49.4 Å². The van der Waals surface area contributed by atoms with Crippen molar-refractivity contribution in [3.63, 3.8) is 0 Å². The van der Waals surface area contributed by atoms with E-state index in [1.165, 1.54) is 0 Å². The van der Waals surface area contributed by atoms with Crippen LogP contribution in [0.5, 0.6) is 0 Å². The van der Waals surface area contributed by atoms with Gasteiger partial charge in [0.15, 0.2) is 0 Å². The monoisotopic (exact) mass is 304 g/mol. The van der Waals surface area contributed by atoms with Crippen LogP contribution in [0, 0.1) is 5.41 Å². The van der Waals surface area contributed by atoms with Crippen LogP contribution in [0.4, 0.5) is 0 Å². The second kappa shape index (κ2) is 7.76. The number of piperidine rings is 1. The summed E-state index contributed by atoms with van der Waals surface area (Å²) in [6.45, 7) is 10.9. The van der Waals surface area contributed by atoms with Crippen molar-refractivity contribution in [2.45, 2.75) is 65.8 Å². The molecule has 1 saturated heterocycles. The highest BCUT2D eigenvalue weighted by molar-refractivity contribution is 7.89. The van der Waals surface area contributed by atoms with Gasteiger partial charge in [0.1, 0.15) is 0 Å². The first-order chi connectivity index (χ1) is 9.26. The Morgan fingerprint density at radius 3 is 2.55 bits per heavy atom. The summed E-state index contributed by atoms with van der Waals surface area (Å²) in [5.74, 6) is 0.279. The van der Waals surface area contributed by atoms with E-state index in [0.717, 1.165) is 45.2 Å². The molecule has 120 valence electrons. The molecule has 0 aromatic heterocycles. The summed E-state index contributed by atoms with van der Waals surface area (Å²) in [4.78, 5) is 0. The van der Waals surface area contributed by atoms with Gasteiger partial charge in [-0.25, -0.2) is 8.42 Å². The standard InChI is InChI=1S/C15H32N2O2S/c1-5-10-16-13-14-8-6-7-11-17(14)20(18,19)12-9-15(2,3)4/h14,16H,5-13H2,1-4H3. The quantitative estimate of drug-likeness (QED) is 0.736. The summed E-state index contributed by atoms with van der Waals surface area (Å²) in [5.41, 5.74) is 0.0683. The first-order valence-corrected chi connectivity index (χ1v) is 9.57. The average molecular weight is 305 g/mol. The van der Waals surface area contributed by atoms with Crippen molar-refractivity contribution in [3.8, 4) is 0 Å². The zero-order chi connectivity index (χ0) is 15.2. The van der Waals surface area contributed by atoms with Gasteiger partial charge in [-0.2, -0.15) is 4.31 Å². The lowest BCUT2D eigenvalue weighted by Crippen LogP contribution is -2.49. The van der Waals surface area contributed by atoms with Crippen LogP contribution in [0.1, 0.15) is 59.8 Å². The minimum atomic E-state index is -3.11. The lowest BCUT2D eigenvalue weighted by atomic mass is 9.94. The fourth-order valence-corrected chi connectivity index (χ4v) is 4.69. The highest BCUT2D eigenvalue weighted by Crippen LogP contribution is 2.24. The molecule has 20 heavy (non-hydrogen) atoms. The third-order valence-corrected chi connectivity index (χ3v) is 5.76. The fraction of sp³-hybridized carbons (Fsp3) is 1.00. The van der Waals surface area contributed by atoms with E-state index < -0.39 is 10.0 Å². The second-order valence-corrected chi connectivity index (χ2v) is 9.13. The maximum absolute atomic E-state index is 12.6. The molecule has 0 saturated carbocycles. The molecule has 0 spiro atoms. The first-order valence-electron chi connectivity index (χ1n) is 7.96. The smallest absolute Gasteiger partial charge is 0.214 e. The van der Waals surface area contributed by atoms with Gasteiger partial charge in [-0.1, -0.05) is 34.1 Å². The van der Waals surface area contributed by atoms with Gasteiger partial charge in [-0.3, -0.25) is 0 Å². The Morgan fingerprint density at radius 1 is 1.25 bits per heavy atom. The van der Waals surface area contributed by atoms with E-state index in [2.05, 4.69) is 33.0 Å². The van der Waals surface area contributed by atoms with Crippen LogP contribution >= 0.6 is 0 Å². The highest BCUT2D eigenvalue weighted by atomic mass is 32.2. The van der Waals surface area contributed by atoms with E-state index in [1.807, 2.05) is 0 Å². The maximum Gasteiger partial charge on any atom is 0.214 e. The molecule has 0 bridgehead atoms. The third kappa shape index (κ3) is 6.10. The Morgan fingerprint density at radius 2 is 1.95 bits per heavy atom. The Bertz CT molecular complexity index is 374. The Kier molecular flexibility index (Phi) is 6.95. The van der Waals surface area contributed by atoms with Gasteiger partial charge in [0.2, 0.25) is 10.0 Å². The number of nitrogens with zero attached hydrogens (tertiary/aromatic N) is 1. The van der Waals surface area contributed by atoms with Gasteiger partial charge in [0.05, 0.1) is 5.75 Å². The van der Waals surface area contributed by atoms with Crippen molar-refractivity contribution >= 4 is 10.0 Å². The SMILES string of the molecule is CCCNCC1CCCCN1S(=O)(=O)CCC(C)(C)C. The van der Waals surface area contributed by atoms with Crippen LogP contribution < -0.4 is 5.32 Å². The molecule has 1 rings (SSSR count). The summed E-state index contributed by atoms with van der Waals surface area (Å²) in [7, 11) is -3.11. The van der Waals surface area contributed by atoms with Gasteiger partial charge in [-0.05, 0) is 37.6 Å². The average Bonchev–Trinajstić information content (AvgIpc) is 2.37. The lowest BCUT2D eigenvalue weighted by molar-refractivity contribution is 0.244. The number of sulfonamides is 1. The Balaban J connectivity index is 2.63. The minimum absolute atomic E-state index is 0.0683. The van der Waals surface area contributed by atoms with E-state index in [4.69, 9.17) is 0 Å². The minimum Gasteiger partial charge on any atom is -0.315 e. The number of hydrogen-bond donors (Lipinski definition) is 1. The van der Waals surface area contributed by atoms with Gasteiger partial charge in [-0.15, -0.1) is 0 Å². The van der Waals surface area contributed by atoms with Crippen LogP contribution in [0.15, 0.2) is 0 Å². The van der Waals surface area contributed by atoms with Crippen LogP contribution in [0.3, 0.4) is 0 Å². The van der Waals surface area contributed by atoms with Gasteiger partial charge in [0.25, 0.3) is 0 Å². The van der Waals surface area contributed by atoms with Crippen LogP contribution in [-0.4, -0.2) is 44.2 Å². The lowest BCUT2D eigenvalue weighted by Gasteiger charge is -2.35. The molecule has 1 fully saturated rings. The van der Waals surface area contributed by atoms with E-state index >= 15 is 0 Å². The van der Waals surface area contributed by atoms with Crippen LogP contribution in [0.2, 0.25) is 0 Å². The molecule has 4 nitrogen and oxygen atoms in total. The molecular weight excluding hydrogens is 272 g/mol. The highest BCUT2D eigenvalue weighted by Gasteiger charge is 2.32. The van der Waals surface area contributed by atoms with Crippen molar-refractivity contribution in [1.82, 2.24) is 9.62 Å². The van der Waals surface area contributed by atoms with E-state index in [-0.39, 0.29) is 17.2 Å². The predicted octanol–water partition coefficient (Wildman–Crippen LogP) is 2.61. The van der Waals surface area contributed by atoms with E-state index in [0.29, 0.717) is 6.54 Å². The summed E-state index contributed by atoms with van der Waals surface area (Å²) in [5, 5.41) is 3.37. The molecule has 1 aliphatic heterocycles. The normalized spacial score (nSPS) is 22.1. The van der Waals surface area contributed by atoms with Crippen molar-refractivity contribution in [2.24, 2.45) is 5.41 Å². The summed E-state index contributed by atoms with van der Waals surface area (Å²) in [6, 6.07) is 0.153. The van der Waals surface area contributed by atoms with E-state index in [9.17, 15) is 8.42 Å². The third-order valence-electron chi connectivity index (χ3n) is 3.85. The first kappa shape index (κ1) is 17.9. The summed E-state index contributed by atoms with van der Waals surface area (Å²) < 4.78 is 26.9. The second-order valence-electron chi connectivity index (χ2n) is 7.09. The van der Waals surface area contributed by atoms with Crippen LogP contribution in [0.25, 0.3) is 0 Å². The molecule has 0 aromatic carbocycles. The van der Waals surface area contributed by atoms with Gasteiger partial charge in [0, 0.05) is 19.1 Å². The van der Waals surface area contributed by atoms with Gasteiger partial charge >= 0.3 is 0 Å².